The predicted molar refractivity (Wildman–Crippen MR) is 117 cm³/mol. The van der Waals surface area contributed by atoms with Crippen LogP contribution in [0.1, 0.15) is 31.8 Å². The number of hydrogen-bond acceptors (Lipinski definition) is 5. The van der Waals surface area contributed by atoms with Gasteiger partial charge >= 0.3 is 0 Å². The number of rotatable bonds is 5. The Morgan fingerprint density at radius 1 is 0.933 bits per heavy atom. The average molecular weight is 438 g/mol. The van der Waals surface area contributed by atoms with E-state index in [0.717, 1.165) is 10.6 Å². The molecule has 1 amide bonds. The van der Waals surface area contributed by atoms with Gasteiger partial charge in [0.25, 0.3) is 0 Å². The third-order valence-corrected chi connectivity index (χ3v) is 6.04. The minimum absolute atomic E-state index is 0.162. The van der Waals surface area contributed by atoms with Gasteiger partial charge in [-0.25, -0.2) is 0 Å². The van der Waals surface area contributed by atoms with E-state index in [2.05, 4.69) is 5.32 Å². The number of amides is 1. The van der Waals surface area contributed by atoms with E-state index in [9.17, 15) is 14.4 Å². The molecule has 3 aromatic carbocycles. The van der Waals surface area contributed by atoms with E-state index in [4.69, 9.17) is 16.3 Å². The summed E-state index contributed by atoms with van der Waals surface area (Å²) in [5.74, 6) is 0.114. The van der Waals surface area contributed by atoms with Crippen LogP contribution in [0.15, 0.2) is 65.6 Å². The van der Waals surface area contributed by atoms with Gasteiger partial charge in [0.05, 0.1) is 23.6 Å². The zero-order chi connectivity index (χ0) is 21.3. The molecule has 7 heteroatoms. The standard InChI is InChI=1S/C23H16ClNO4S/c1-29-13-6-8-14(9-7-13)30-12-21(26)25-20-11-18-17(10-19(20)24)22(27)15-4-2-3-5-16(15)23(18)28/h2-11H,12H2,1H3,(H,25,26). The molecule has 5 nitrogen and oxygen atoms in total. The van der Waals surface area contributed by atoms with E-state index < -0.39 is 0 Å². The van der Waals surface area contributed by atoms with Crippen LogP contribution < -0.4 is 10.1 Å². The molecule has 0 heterocycles. The van der Waals surface area contributed by atoms with Crippen molar-refractivity contribution in [1.29, 1.82) is 0 Å². The first-order valence-corrected chi connectivity index (χ1v) is 10.4. The monoisotopic (exact) mass is 437 g/mol. The van der Waals surface area contributed by atoms with Crippen LogP contribution >= 0.6 is 23.4 Å². The van der Waals surface area contributed by atoms with Crippen LogP contribution in [0.25, 0.3) is 0 Å². The number of carbonyl (C=O) groups excluding carboxylic acids is 3. The number of ether oxygens (including phenoxy) is 1. The summed E-state index contributed by atoms with van der Waals surface area (Å²) in [6.45, 7) is 0. The van der Waals surface area contributed by atoms with Crippen LogP contribution in [0.4, 0.5) is 5.69 Å². The molecular weight excluding hydrogens is 422 g/mol. The first kappa shape index (κ1) is 20.2. The molecule has 0 unspecified atom stereocenters. The zero-order valence-corrected chi connectivity index (χ0v) is 17.5. The molecule has 1 aliphatic carbocycles. The fourth-order valence-corrected chi connectivity index (χ4v) is 4.13. The maximum Gasteiger partial charge on any atom is 0.234 e. The van der Waals surface area contributed by atoms with Crippen LogP contribution in [-0.2, 0) is 4.79 Å². The van der Waals surface area contributed by atoms with Gasteiger partial charge in [-0.1, -0.05) is 35.9 Å². The topological polar surface area (TPSA) is 72.5 Å². The number of anilines is 1. The number of nitrogens with one attached hydrogen (secondary N) is 1. The molecule has 0 saturated heterocycles. The second kappa shape index (κ2) is 8.34. The molecular formula is C23H16ClNO4S. The summed E-state index contributed by atoms with van der Waals surface area (Å²) in [5.41, 5.74) is 1.50. The summed E-state index contributed by atoms with van der Waals surface area (Å²) >= 11 is 7.66. The summed E-state index contributed by atoms with van der Waals surface area (Å²) in [6.07, 6.45) is 0. The number of hydrogen-bond donors (Lipinski definition) is 1. The van der Waals surface area contributed by atoms with Crippen molar-refractivity contribution in [1.82, 2.24) is 0 Å². The SMILES string of the molecule is COc1ccc(SCC(=O)Nc2cc3c(cc2Cl)C(=O)c2ccccc2C3=O)cc1. The van der Waals surface area contributed by atoms with Gasteiger partial charge in [0.15, 0.2) is 11.6 Å². The lowest BCUT2D eigenvalue weighted by Gasteiger charge is -2.19. The van der Waals surface area contributed by atoms with E-state index in [-0.39, 0.29) is 39.4 Å². The van der Waals surface area contributed by atoms with Gasteiger partial charge < -0.3 is 10.1 Å². The molecule has 150 valence electrons. The Morgan fingerprint density at radius 2 is 1.53 bits per heavy atom. The molecule has 0 radical (unpaired) electrons. The normalized spacial score (nSPS) is 12.2. The number of methoxy groups -OCH3 is 1. The quantitative estimate of drug-likeness (QED) is 0.451. The number of halogens is 1. The fourth-order valence-electron chi connectivity index (χ4n) is 3.22. The third kappa shape index (κ3) is 3.84. The molecule has 0 fully saturated rings. The minimum Gasteiger partial charge on any atom is -0.497 e. The fraction of sp³-hybridized carbons (Fsp3) is 0.0870. The van der Waals surface area contributed by atoms with Gasteiger partial charge in [0.1, 0.15) is 5.75 Å². The second-order valence-electron chi connectivity index (χ2n) is 6.59. The van der Waals surface area contributed by atoms with E-state index >= 15 is 0 Å². The molecule has 0 spiro atoms. The molecule has 0 aromatic heterocycles. The van der Waals surface area contributed by atoms with Crippen LogP contribution in [0, 0.1) is 0 Å². The Kier molecular flexibility index (Phi) is 5.61. The molecule has 1 N–H and O–H groups in total. The number of carbonyl (C=O) groups is 3. The highest BCUT2D eigenvalue weighted by Gasteiger charge is 2.30. The maximum absolute atomic E-state index is 12.8. The minimum atomic E-state index is -0.271. The van der Waals surface area contributed by atoms with E-state index in [1.54, 1.807) is 31.4 Å². The van der Waals surface area contributed by atoms with Crippen molar-refractivity contribution in [3.8, 4) is 5.75 Å². The first-order chi connectivity index (χ1) is 14.5. The number of thioether (sulfide) groups is 1. The van der Waals surface area contributed by atoms with Crippen LogP contribution in [0.2, 0.25) is 5.02 Å². The van der Waals surface area contributed by atoms with Gasteiger partial charge in [-0.3, -0.25) is 14.4 Å². The van der Waals surface area contributed by atoms with Crippen molar-refractivity contribution in [2.45, 2.75) is 4.90 Å². The Labute approximate surface area is 182 Å². The summed E-state index contributed by atoms with van der Waals surface area (Å²) in [7, 11) is 1.59. The van der Waals surface area contributed by atoms with E-state index in [0.29, 0.717) is 16.8 Å². The van der Waals surface area contributed by atoms with Gasteiger partial charge in [-0.05, 0) is 36.4 Å². The highest BCUT2D eigenvalue weighted by molar-refractivity contribution is 8.00. The second-order valence-corrected chi connectivity index (χ2v) is 8.05. The van der Waals surface area contributed by atoms with Crippen LogP contribution in [0.3, 0.4) is 0 Å². The predicted octanol–water partition coefficient (Wildman–Crippen LogP) is 4.85. The summed E-state index contributed by atoms with van der Waals surface area (Å²) in [6, 6.07) is 17.0. The van der Waals surface area contributed by atoms with Gasteiger partial charge in [-0.15, -0.1) is 11.8 Å². The lowest BCUT2D eigenvalue weighted by atomic mass is 9.84. The van der Waals surface area contributed by atoms with E-state index in [1.807, 2.05) is 24.3 Å². The largest absolute Gasteiger partial charge is 0.497 e. The van der Waals surface area contributed by atoms with Crippen molar-refractivity contribution >= 4 is 46.5 Å². The lowest BCUT2D eigenvalue weighted by molar-refractivity contribution is -0.113. The highest BCUT2D eigenvalue weighted by atomic mass is 35.5. The van der Waals surface area contributed by atoms with Gasteiger partial charge in [0.2, 0.25) is 5.91 Å². The Balaban J connectivity index is 1.52. The average Bonchev–Trinajstić information content (AvgIpc) is 2.77. The van der Waals surface area contributed by atoms with Crippen molar-refractivity contribution in [3.63, 3.8) is 0 Å². The molecule has 3 aromatic rings. The molecule has 0 saturated carbocycles. The summed E-state index contributed by atoms with van der Waals surface area (Å²) in [4.78, 5) is 38.9. The van der Waals surface area contributed by atoms with Crippen LogP contribution in [-0.4, -0.2) is 30.3 Å². The van der Waals surface area contributed by atoms with Gasteiger partial charge in [-0.2, -0.15) is 0 Å². The molecule has 1 aliphatic rings. The smallest absolute Gasteiger partial charge is 0.234 e. The molecule has 0 bridgehead atoms. The molecule has 4 rings (SSSR count). The Morgan fingerprint density at radius 3 is 2.13 bits per heavy atom. The van der Waals surface area contributed by atoms with Crippen molar-refractivity contribution < 1.29 is 19.1 Å². The lowest BCUT2D eigenvalue weighted by Crippen LogP contribution is -2.22. The summed E-state index contributed by atoms with van der Waals surface area (Å²) < 4.78 is 5.12. The summed E-state index contributed by atoms with van der Waals surface area (Å²) in [5, 5.41) is 2.94. The number of ketones is 2. The zero-order valence-electron chi connectivity index (χ0n) is 15.9. The number of fused-ring (bicyclic) bond motifs is 2. The molecule has 30 heavy (non-hydrogen) atoms. The van der Waals surface area contributed by atoms with Crippen LogP contribution in [0.5, 0.6) is 5.75 Å². The Bertz CT molecular complexity index is 1170. The first-order valence-electron chi connectivity index (χ1n) is 9.06. The number of benzene rings is 3. The Hall–Kier alpha value is -3.09. The molecule has 0 atom stereocenters. The maximum atomic E-state index is 12.8. The van der Waals surface area contributed by atoms with Crippen molar-refractivity contribution in [2.75, 3.05) is 18.2 Å². The van der Waals surface area contributed by atoms with Crippen molar-refractivity contribution in [3.05, 3.63) is 87.9 Å². The molecule has 0 aliphatic heterocycles. The third-order valence-electron chi connectivity index (χ3n) is 4.72. The highest BCUT2D eigenvalue weighted by Crippen LogP contribution is 2.33. The van der Waals surface area contributed by atoms with Crippen molar-refractivity contribution in [2.24, 2.45) is 0 Å². The van der Waals surface area contributed by atoms with Gasteiger partial charge in [0, 0.05) is 27.1 Å². The van der Waals surface area contributed by atoms with E-state index in [1.165, 1.54) is 23.9 Å².